The minimum Gasteiger partial charge on any atom is -0.393 e. The molecule has 2 aromatic rings. The van der Waals surface area contributed by atoms with Crippen LogP contribution in [-0.2, 0) is 6.54 Å². The van der Waals surface area contributed by atoms with Gasteiger partial charge in [-0.1, -0.05) is 12.1 Å². The molecule has 1 aromatic heterocycles. The maximum atomic E-state index is 11.9. The third kappa shape index (κ3) is 2.51. The predicted molar refractivity (Wildman–Crippen MR) is 74.6 cm³/mol. The lowest BCUT2D eigenvalue weighted by Crippen LogP contribution is -2.26. The Morgan fingerprint density at radius 1 is 1.40 bits per heavy atom. The lowest BCUT2D eigenvalue weighted by molar-refractivity contribution is -0.383. The van der Waals surface area contributed by atoms with Gasteiger partial charge in [-0.2, -0.15) is 4.98 Å². The van der Waals surface area contributed by atoms with Gasteiger partial charge in [-0.15, -0.1) is 0 Å². The second-order valence-electron chi connectivity index (χ2n) is 4.51. The molecule has 1 aromatic carbocycles. The molecule has 0 saturated carbocycles. The number of nitro groups is 1. The SMILES string of the molecule is Cc1cc(C)n(Cc2cccc([N+](=O)[O-])c2N)c(=O)n1. The Kier molecular flexibility index (Phi) is 3.51. The molecule has 104 valence electrons. The molecule has 0 fully saturated rings. The molecule has 2 N–H and O–H groups in total. The van der Waals surface area contributed by atoms with Crippen LogP contribution in [0, 0.1) is 24.0 Å². The Bertz CT molecular complexity index is 737. The Hall–Kier alpha value is -2.70. The Balaban J connectivity index is 2.49. The van der Waals surface area contributed by atoms with E-state index in [4.69, 9.17) is 5.73 Å². The highest BCUT2D eigenvalue weighted by molar-refractivity contribution is 5.63. The Morgan fingerprint density at radius 3 is 2.70 bits per heavy atom. The highest BCUT2D eigenvalue weighted by atomic mass is 16.6. The van der Waals surface area contributed by atoms with E-state index in [1.54, 1.807) is 32.0 Å². The van der Waals surface area contributed by atoms with Crippen LogP contribution in [0.2, 0.25) is 0 Å². The highest BCUT2D eigenvalue weighted by Crippen LogP contribution is 2.25. The van der Waals surface area contributed by atoms with Gasteiger partial charge in [0.15, 0.2) is 0 Å². The van der Waals surface area contributed by atoms with Crippen LogP contribution in [0.4, 0.5) is 11.4 Å². The van der Waals surface area contributed by atoms with Gasteiger partial charge in [-0.25, -0.2) is 4.79 Å². The zero-order chi connectivity index (χ0) is 14.9. The molecular weight excluding hydrogens is 260 g/mol. The van der Waals surface area contributed by atoms with Crippen molar-refractivity contribution in [3.05, 3.63) is 61.8 Å². The summed E-state index contributed by atoms with van der Waals surface area (Å²) in [6, 6.07) is 6.32. The van der Waals surface area contributed by atoms with Crippen molar-refractivity contribution >= 4 is 11.4 Å². The number of hydrogen-bond acceptors (Lipinski definition) is 5. The van der Waals surface area contributed by atoms with Crippen LogP contribution >= 0.6 is 0 Å². The number of aromatic nitrogens is 2. The first kappa shape index (κ1) is 13.7. The molecular formula is C13H14N4O3. The van der Waals surface area contributed by atoms with Gasteiger partial charge in [0.05, 0.1) is 11.5 Å². The van der Waals surface area contributed by atoms with E-state index in [0.29, 0.717) is 11.3 Å². The molecule has 0 radical (unpaired) electrons. The Morgan fingerprint density at radius 2 is 2.10 bits per heavy atom. The number of nitrogens with zero attached hydrogens (tertiary/aromatic N) is 3. The van der Waals surface area contributed by atoms with Gasteiger partial charge in [0.25, 0.3) is 5.69 Å². The molecule has 7 nitrogen and oxygen atoms in total. The number of aryl methyl sites for hydroxylation is 2. The summed E-state index contributed by atoms with van der Waals surface area (Å²) >= 11 is 0. The third-order valence-electron chi connectivity index (χ3n) is 3.04. The van der Waals surface area contributed by atoms with E-state index in [0.717, 1.165) is 5.69 Å². The summed E-state index contributed by atoms with van der Waals surface area (Å²) in [5, 5.41) is 10.8. The zero-order valence-electron chi connectivity index (χ0n) is 11.2. The minimum atomic E-state index is -0.540. The first-order chi connectivity index (χ1) is 9.40. The third-order valence-corrected chi connectivity index (χ3v) is 3.04. The van der Waals surface area contributed by atoms with Crippen molar-refractivity contribution in [2.75, 3.05) is 5.73 Å². The van der Waals surface area contributed by atoms with E-state index >= 15 is 0 Å². The number of nitro benzene ring substituents is 1. The van der Waals surface area contributed by atoms with Gasteiger partial charge < -0.3 is 5.73 Å². The number of nitrogen functional groups attached to an aromatic ring is 1. The smallest absolute Gasteiger partial charge is 0.348 e. The average Bonchev–Trinajstić information content (AvgIpc) is 2.35. The van der Waals surface area contributed by atoms with Crippen molar-refractivity contribution in [3.63, 3.8) is 0 Å². The quantitative estimate of drug-likeness (QED) is 0.517. The molecule has 1 heterocycles. The van der Waals surface area contributed by atoms with E-state index in [-0.39, 0.29) is 17.9 Å². The topological polar surface area (TPSA) is 104 Å². The molecule has 7 heteroatoms. The van der Waals surface area contributed by atoms with Gasteiger partial charge in [0, 0.05) is 23.0 Å². The van der Waals surface area contributed by atoms with Crippen LogP contribution in [-0.4, -0.2) is 14.5 Å². The number of anilines is 1. The van der Waals surface area contributed by atoms with Crippen LogP contribution in [0.5, 0.6) is 0 Å². The Labute approximate surface area is 114 Å². The molecule has 0 aliphatic carbocycles. The average molecular weight is 274 g/mol. The van der Waals surface area contributed by atoms with Gasteiger partial charge in [0.2, 0.25) is 0 Å². The highest BCUT2D eigenvalue weighted by Gasteiger charge is 2.15. The number of benzene rings is 1. The van der Waals surface area contributed by atoms with Crippen molar-refractivity contribution in [1.29, 1.82) is 0 Å². The molecule has 0 unspecified atom stereocenters. The van der Waals surface area contributed by atoms with Crippen molar-refractivity contribution in [1.82, 2.24) is 9.55 Å². The first-order valence-corrected chi connectivity index (χ1v) is 5.97. The van der Waals surface area contributed by atoms with Gasteiger partial charge in [-0.05, 0) is 19.9 Å². The molecule has 0 bridgehead atoms. The fourth-order valence-electron chi connectivity index (χ4n) is 2.03. The van der Waals surface area contributed by atoms with Crippen LogP contribution < -0.4 is 11.4 Å². The monoisotopic (exact) mass is 274 g/mol. The summed E-state index contributed by atoms with van der Waals surface area (Å²) in [5.41, 5.74) is 7.19. The van der Waals surface area contributed by atoms with Crippen LogP contribution in [0.15, 0.2) is 29.1 Å². The largest absolute Gasteiger partial charge is 0.393 e. The summed E-state index contributed by atoms with van der Waals surface area (Å²) in [4.78, 5) is 26.0. The molecule has 0 saturated heterocycles. The van der Waals surface area contributed by atoms with Crippen LogP contribution in [0.3, 0.4) is 0 Å². The molecule has 0 aliphatic rings. The lowest BCUT2D eigenvalue weighted by Gasteiger charge is -2.11. The van der Waals surface area contributed by atoms with E-state index < -0.39 is 10.6 Å². The number of nitrogens with two attached hydrogens (primary N) is 1. The molecule has 0 spiro atoms. The summed E-state index contributed by atoms with van der Waals surface area (Å²) in [6.45, 7) is 3.68. The molecule has 2 rings (SSSR count). The van der Waals surface area contributed by atoms with Gasteiger partial charge in [-0.3, -0.25) is 14.7 Å². The van der Waals surface area contributed by atoms with Crippen molar-refractivity contribution < 1.29 is 4.92 Å². The van der Waals surface area contributed by atoms with Crippen LogP contribution in [0.1, 0.15) is 17.0 Å². The molecule has 0 atom stereocenters. The van der Waals surface area contributed by atoms with E-state index in [1.807, 2.05) is 0 Å². The normalized spacial score (nSPS) is 10.5. The fraction of sp³-hybridized carbons (Fsp3) is 0.231. The van der Waals surface area contributed by atoms with E-state index in [9.17, 15) is 14.9 Å². The maximum absolute atomic E-state index is 11.9. The minimum absolute atomic E-state index is 0.0735. The molecule has 0 amide bonds. The van der Waals surface area contributed by atoms with E-state index in [1.165, 1.54) is 10.6 Å². The second kappa shape index (κ2) is 5.12. The zero-order valence-corrected chi connectivity index (χ0v) is 11.2. The second-order valence-corrected chi connectivity index (χ2v) is 4.51. The predicted octanol–water partition coefficient (Wildman–Crippen LogP) is 1.40. The summed E-state index contributed by atoms with van der Waals surface area (Å²) in [7, 11) is 0. The molecule has 20 heavy (non-hydrogen) atoms. The molecule has 0 aliphatic heterocycles. The lowest BCUT2D eigenvalue weighted by atomic mass is 10.1. The van der Waals surface area contributed by atoms with E-state index in [2.05, 4.69) is 4.98 Å². The summed E-state index contributed by atoms with van der Waals surface area (Å²) in [6.07, 6.45) is 0. The maximum Gasteiger partial charge on any atom is 0.348 e. The summed E-state index contributed by atoms with van der Waals surface area (Å²) < 4.78 is 1.43. The first-order valence-electron chi connectivity index (χ1n) is 5.97. The van der Waals surface area contributed by atoms with Crippen molar-refractivity contribution in [2.45, 2.75) is 20.4 Å². The van der Waals surface area contributed by atoms with Gasteiger partial charge >= 0.3 is 5.69 Å². The number of rotatable bonds is 3. The summed E-state index contributed by atoms with van der Waals surface area (Å²) in [5.74, 6) is 0. The standard InChI is InChI=1S/C13H14N4O3/c1-8-6-9(2)16(13(18)15-8)7-10-4-3-5-11(12(10)14)17(19)20/h3-6H,7,14H2,1-2H3. The van der Waals surface area contributed by atoms with Crippen molar-refractivity contribution in [2.24, 2.45) is 0 Å². The van der Waals surface area contributed by atoms with Gasteiger partial charge in [0.1, 0.15) is 5.69 Å². The fourth-order valence-corrected chi connectivity index (χ4v) is 2.03. The number of hydrogen-bond donors (Lipinski definition) is 1. The van der Waals surface area contributed by atoms with Crippen LogP contribution in [0.25, 0.3) is 0 Å². The number of para-hydroxylation sites is 1. The van der Waals surface area contributed by atoms with Crippen molar-refractivity contribution in [3.8, 4) is 0 Å².